The highest BCUT2D eigenvalue weighted by molar-refractivity contribution is 7.92. The molecule has 2 aromatic rings. The molecule has 0 atom stereocenters. The molecule has 0 aliphatic rings. The van der Waals surface area contributed by atoms with E-state index in [4.69, 9.17) is 14.6 Å². The van der Waals surface area contributed by atoms with Crippen LogP contribution in [0.15, 0.2) is 47.4 Å². The summed E-state index contributed by atoms with van der Waals surface area (Å²) < 4.78 is 51.7. The molecule has 0 unspecified atom stereocenters. The van der Waals surface area contributed by atoms with Gasteiger partial charge in [0.25, 0.3) is 10.0 Å². The van der Waals surface area contributed by atoms with Crippen molar-refractivity contribution in [2.24, 2.45) is 0 Å². The first-order chi connectivity index (χ1) is 12.3. The van der Waals surface area contributed by atoms with E-state index in [0.29, 0.717) is 0 Å². The third kappa shape index (κ3) is 4.31. The maximum Gasteiger partial charge on any atom is 0.328 e. The van der Waals surface area contributed by atoms with Crippen LogP contribution in [0.4, 0.5) is 10.1 Å². The second kappa shape index (κ2) is 7.87. The second-order valence-corrected chi connectivity index (χ2v) is 6.66. The molecule has 0 fully saturated rings. The third-order valence-corrected chi connectivity index (χ3v) is 4.66. The van der Waals surface area contributed by atoms with E-state index in [1.54, 1.807) is 0 Å². The largest absolute Gasteiger partial charge is 0.493 e. The van der Waals surface area contributed by atoms with Crippen LogP contribution in [0.25, 0.3) is 6.08 Å². The number of nitrogens with one attached hydrogen (secondary N) is 1. The number of carboxylic acids is 1. The van der Waals surface area contributed by atoms with Crippen molar-refractivity contribution >= 4 is 27.8 Å². The highest BCUT2D eigenvalue weighted by atomic mass is 32.2. The molecule has 0 aliphatic heterocycles. The van der Waals surface area contributed by atoms with Crippen LogP contribution in [0.3, 0.4) is 0 Å². The molecular weight excluding hydrogens is 365 g/mol. The molecule has 2 rings (SSSR count). The molecule has 0 aliphatic carbocycles. The van der Waals surface area contributed by atoms with Gasteiger partial charge in [0, 0.05) is 6.08 Å². The quantitative estimate of drug-likeness (QED) is 0.715. The lowest BCUT2D eigenvalue weighted by atomic mass is 10.2. The van der Waals surface area contributed by atoms with Crippen molar-refractivity contribution in [2.45, 2.75) is 4.90 Å². The average molecular weight is 381 g/mol. The number of hydrogen-bond donors (Lipinski definition) is 2. The van der Waals surface area contributed by atoms with Gasteiger partial charge in [0.05, 0.1) is 19.9 Å². The fourth-order valence-electron chi connectivity index (χ4n) is 2.16. The molecule has 26 heavy (non-hydrogen) atoms. The lowest BCUT2D eigenvalue weighted by molar-refractivity contribution is -0.131. The van der Waals surface area contributed by atoms with Gasteiger partial charge in [-0.25, -0.2) is 17.6 Å². The summed E-state index contributed by atoms with van der Waals surface area (Å²) in [6.45, 7) is 0. The Morgan fingerprint density at radius 2 is 1.88 bits per heavy atom. The van der Waals surface area contributed by atoms with Crippen molar-refractivity contribution in [3.05, 3.63) is 53.9 Å². The third-order valence-electron chi connectivity index (χ3n) is 3.29. The number of carboxylic acid groups (broad SMARTS) is 1. The van der Waals surface area contributed by atoms with Gasteiger partial charge in [0.15, 0.2) is 11.5 Å². The van der Waals surface area contributed by atoms with Crippen LogP contribution < -0.4 is 14.2 Å². The molecule has 2 N–H and O–H groups in total. The van der Waals surface area contributed by atoms with Gasteiger partial charge in [0.2, 0.25) is 0 Å². The van der Waals surface area contributed by atoms with E-state index in [0.717, 1.165) is 12.1 Å². The number of para-hydroxylation sites is 1. The number of hydrogen-bond acceptors (Lipinski definition) is 5. The molecule has 0 bridgehead atoms. The first-order valence-electron chi connectivity index (χ1n) is 7.23. The summed E-state index contributed by atoms with van der Waals surface area (Å²) in [7, 11) is -1.68. The van der Waals surface area contributed by atoms with Crippen LogP contribution in [-0.4, -0.2) is 33.7 Å². The molecule has 2 aromatic carbocycles. The van der Waals surface area contributed by atoms with Gasteiger partial charge in [-0.15, -0.1) is 0 Å². The molecular formula is C17H16FNO6S. The Bertz CT molecular complexity index is 956. The number of aliphatic carboxylic acids is 1. The molecule has 0 spiro atoms. The van der Waals surface area contributed by atoms with Crippen molar-refractivity contribution in [1.29, 1.82) is 0 Å². The summed E-state index contributed by atoms with van der Waals surface area (Å²) in [5.41, 5.74) is 0.0129. The van der Waals surface area contributed by atoms with Gasteiger partial charge in [0.1, 0.15) is 10.7 Å². The Morgan fingerprint density at radius 1 is 1.19 bits per heavy atom. The number of rotatable bonds is 7. The Kier molecular flexibility index (Phi) is 5.83. The Morgan fingerprint density at radius 3 is 2.46 bits per heavy atom. The topological polar surface area (TPSA) is 102 Å². The van der Waals surface area contributed by atoms with Crippen molar-refractivity contribution in [3.8, 4) is 11.5 Å². The van der Waals surface area contributed by atoms with E-state index >= 15 is 0 Å². The number of methoxy groups -OCH3 is 2. The summed E-state index contributed by atoms with van der Waals surface area (Å²) in [6.07, 6.45) is 2.05. The van der Waals surface area contributed by atoms with Crippen LogP contribution in [0.5, 0.6) is 11.5 Å². The fraction of sp³-hybridized carbons (Fsp3) is 0.118. The van der Waals surface area contributed by atoms with Crippen LogP contribution in [0, 0.1) is 5.82 Å². The first kappa shape index (κ1) is 19.3. The normalized spacial score (nSPS) is 11.3. The maximum absolute atomic E-state index is 13.8. The zero-order chi connectivity index (χ0) is 19.3. The number of benzene rings is 2. The van der Waals surface area contributed by atoms with Crippen molar-refractivity contribution in [1.82, 2.24) is 0 Å². The monoisotopic (exact) mass is 381 g/mol. The van der Waals surface area contributed by atoms with E-state index in [1.165, 1.54) is 50.6 Å². The van der Waals surface area contributed by atoms with Crippen LogP contribution >= 0.6 is 0 Å². The Balaban J connectivity index is 2.59. The van der Waals surface area contributed by atoms with Gasteiger partial charge in [-0.1, -0.05) is 12.1 Å². The smallest absolute Gasteiger partial charge is 0.328 e. The average Bonchev–Trinajstić information content (AvgIpc) is 2.60. The number of carbonyl (C=O) groups is 1. The van der Waals surface area contributed by atoms with Crippen LogP contribution in [0.2, 0.25) is 0 Å². The number of sulfonamides is 1. The lowest BCUT2D eigenvalue weighted by Gasteiger charge is -2.15. The molecule has 0 heterocycles. The molecule has 0 saturated heterocycles. The lowest BCUT2D eigenvalue weighted by Crippen LogP contribution is -2.15. The fourth-order valence-corrected chi connectivity index (χ4v) is 3.44. The van der Waals surface area contributed by atoms with E-state index in [1.807, 2.05) is 0 Å². The summed E-state index contributed by atoms with van der Waals surface area (Å²) in [5.74, 6) is -1.96. The zero-order valence-electron chi connectivity index (χ0n) is 13.9. The summed E-state index contributed by atoms with van der Waals surface area (Å²) in [6, 6.07) is 7.90. The Hall–Kier alpha value is -3.07. The maximum atomic E-state index is 13.8. The summed E-state index contributed by atoms with van der Waals surface area (Å²) in [5, 5.41) is 8.74. The molecule has 9 heteroatoms. The van der Waals surface area contributed by atoms with Crippen molar-refractivity contribution < 1.29 is 32.2 Å². The van der Waals surface area contributed by atoms with Gasteiger partial charge in [-0.05, 0) is 35.9 Å². The molecule has 0 saturated carbocycles. The minimum absolute atomic E-state index is 0.0777. The van der Waals surface area contributed by atoms with E-state index in [2.05, 4.69) is 4.72 Å². The molecule has 0 amide bonds. The standard InChI is InChI=1S/C17H16FNO6S/c1-24-14-9-11(7-8-16(20)21)10-15(17(14)25-2)26(22,23)19-13-6-4-3-5-12(13)18/h3-10,19H,1-2H3,(H,20,21)/b8-7+. The van der Waals surface area contributed by atoms with Crippen LogP contribution in [-0.2, 0) is 14.8 Å². The Labute approximate surface area is 149 Å². The predicted octanol–water partition coefficient (Wildman–Crippen LogP) is 2.74. The highest BCUT2D eigenvalue weighted by Crippen LogP contribution is 2.37. The van der Waals surface area contributed by atoms with E-state index in [-0.39, 0.29) is 27.6 Å². The van der Waals surface area contributed by atoms with Crippen molar-refractivity contribution in [3.63, 3.8) is 0 Å². The predicted molar refractivity (Wildman–Crippen MR) is 93.4 cm³/mol. The summed E-state index contributed by atoms with van der Waals surface area (Å²) in [4.78, 5) is 10.4. The number of anilines is 1. The first-order valence-corrected chi connectivity index (χ1v) is 8.71. The summed E-state index contributed by atoms with van der Waals surface area (Å²) >= 11 is 0. The minimum atomic E-state index is -4.25. The van der Waals surface area contributed by atoms with Crippen LogP contribution in [0.1, 0.15) is 5.56 Å². The zero-order valence-corrected chi connectivity index (χ0v) is 14.7. The van der Waals surface area contributed by atoms with Gasteiger partial charge >= 0.3 is 5.97 Å². The van der Waals surface area contributed by atoms with E-state index in [9.17, 15) is 17.6 Å². The molecule has 0 radical (unpaired) electrons. The highest BCUT2D eigenvalue weighted by Gasteiger charge is 2.24. The van der Waals surface area contributed by atoms with Gasteiger partial charge in [-0.2, -0.15) is 0 Å². The SMILES string of the molecule is COc1cc(/C=C/C(=O)O)cc(S(=O)(=O)Nc2ccccc2F)c1OC. The number of halogens is 1. The van der Waals surface area contributed by atoms with Crippen molar-refractivity contribution in [2.75, 3.05) is 18.9 Å². The minimum Gasteiger partial charge on any atom is -0.493 e. The molecule has 7 nitrogen and oxygen atoms in total. The molecule has 0 aromatic heterocycles. The molecule has 138 valence electrons. The second-order valence-electron chi connectivity index (χ2n) is 5.01. The number of ether oxygens (including phenoxy) is 2. The van der Waals surface area contributed by atoms with Gasteiger partial charge < -0.3 is 14.6 Å². The van der Waals surface area contributed by atoms with Gasteiger partial charge in [-0.3, -0.25) is 4.72 Å². The van der Waals surface area contributed by atoms with E-state index < -0.39 is 21.8 Å².